The predicted octanol–water partition coefficient (Wildman–Crippen LogP) is 4.88. The summed E-state index contributed by atoms with van der Waals surface area (Å²) in [4.78, 5) is 24.2. The molecule has 1 saturated heterocycles. The van der Waals surface area contributed by atoms with Crippen molar-refractivity contribution in [1.82, 2.24) is 24.5 Å². The van der Waals surface area contributed by atoms with Crippen LogP contribution in [0.1, 0.15) is 52.0 Å². The van der Waals surface area contributed by atoms with Crippen LogP contribution in [0.15, 0.2) is 48.5 Å². The van der Waals surface area contributed by atoms with E-state index in [2.05, 4.69) is 16.1 Å². The first-order chi connectivity index (χ1) is 15.9. The topological polar surface area (TPSA) is 63.4 Å². The lowest BCUT2D eigenvalue weighted by atomic mass is 9.91. The minimum absolute atomic E-state index is 0.0554. The molecule has 33 heavy (non-hydrogen) atoms. The number of piperidine rings is 1. The Hall–Kier alpha value is -3.61. The largest absolute Gasteiger partial charge is 0.337 e. The van der Waals surface area contributed by atoms with E-state index in [4.69, 9.17) is 4.98 Å². The smallest absolute Gasteiger partial charge is 0.274 e. The molecular weight excluding hydrogens is 417 g/mol. The van der Waals surface area contributed by atoms with Gasteiger partial charge in [-0.15, -0.1) is 0 Å². The lowest BCUT2D eigenvalue weighted by Gasteiger charge is -2.31. The highest BCUT2D eigenvalue weighted by Crippen LogP contribution is 2.31. The number of aryl methyl sites for hydroxylation is 3. The van der Waals surface area contributed by atoms with Crippen molar-refractivity contribution in [3.63, 3.8) is 0 Å². The number of carbonyl (C=O) groups excluding carboxylic acids is 1. The summed E-state index contributed by atoms with van der Waals surface area (Å²) in [5.74, 6) is -0.0190. The SMILES string of the molecule is Cc1cc(-c2ccc(F)cc2)cc(C2CCN(C(=O)c3cc4nc(C)cc(C)n4n3)CC2)n1. The molecule has 1 amide bonds. The van der Waals surface area contributed by atoms with Gasteiger partial charge in [-0.1, -0.05) is 12.1 Å². The van der Waals surface area contributed by atoms with Crippen LogP contribution in [0.2, 0.25) is 0 Å². The summed E-state index contributed by atoms with van der Waals surface area (Å²) >= 11 is 0. The van der Waals surface area contributed by atoms with Crippen molar-refractivity contribution < 1.29 is 9.18 Å². The van der Waals surface area contributed by atoms with Crippen LogP contribution in [0, 0.1) is 26.6 Å². The number of hydrogen-bond donors (Lipinski definition) is 0. The lowest BCUT2D eigenvalue weighted by molar-refractivity contribution is 0.0705. The maximum Gasteiger partial charge on any atom is 0.274 e. The lowest BCUT2D eigenvalue weighted by Crippen LogP contribution is -2.38. The molecule has 5 rings (SSSR count). The van der Waals surface area contributed by atoms with E-state index in [0.29, 0.717) is 24.4 Å². The number of carbonyl (C=O) groups is 1. The number of fused-ring (bicyclic) bond motifs is 1. The first-order valence-electron chi connectivity index (χ1n) is 11.3. The molecule has 0 bridgehead atoms. The molecule has 0 N–H and O–H groups in total. The first kappa shape index (κ1) is 21.2. The molecule has 0 aliphatic carbocycles. The second-order valence-electron chi connectivity index (χ2n) is 8.83. The third-order valence-corrected chi connectivity index (χ3v) is 6.30. The Balaban J connectivity index is 1.31. The zero-order chi connectivity index (χ0) is 23.1. The Kier molecular flexibility index (Phi) is 5.40. The number of aromatic nitrogens is 4. The number of pyridine rings is 1. The molecule has 0 atom stereocenters. The standard InChI is InChI=1S/C26H26FN5O/c1-16-12-18(3)32-25(29-16)15-24(30-32)26(33)31-10-8-20(9-11-31)23-14-21(13-17(2)28-23)19-4-6-22(27)7-5-19/h4-7,12-15,20H,8-11H2,1-3H3. The van der Waals surface area contributed by atoms with Gasteiger partial charge in [-0.3, -0.25) is 9.78 Å². The Labute approximate surface area is 192 Å². The average molecular weight is 444 g/mol. The van der Waals surface area contributed by atoms with Crippen LogP contribution in [0.3, 0.4) is 0 Å². The molecule has 0 saturated carbocycles. The quantitative estimate of drug-likeness (QED) is 0.453. The van der Waals surface area contributed by atoms with Crippen LogP contribution in [0.4, 0.5) is 4.39 Å². The van der Waals surface area contributed by atoms with Crippen LogP contribution in [-0.2, 0) is 0 Å². The zero-order valence-corrected chi connectivity index (χ0v) is 19.0. The molecule has 7 heteroatoms. The van der Waals surface area contributed by atoms with E-state index in [1.54, 1.807) is 22.7 Å². The van der Waals surface area contributed by atoms with Crippen molar-refractivity contribution in [3.05, 3.63) is 82.8 Å². The van der Waals surface area contributed by atoms with Gasteiger partial charge in [-0.25, -0.2) is 13.9 Å². The second kappa shape index (κ2) is 8.39. The van der Waals surface area contributed by atoms with Crippen molar-refractivity contribution in [3.8, 4) is 11.1 Å². The molecule has 0 unspecified atom stereocenters. The summed E-state index contributed by atoms with van der Waals surface area (Å²) in [6.07, 6.45) is 1.68. The molecule has 6 nitrogen and oxygen atoms in total. The first-order valence-corrected chi connectivity index (χ1v) is 11.3. The maximum absolute atomic E-state index is 13.3. The number of rotatable bonds is 3. The molecule has 1 aliphatic heterocycles. The number of nitrogens with zero attached hydrogens (tertiary/aromatic N) is 5. The molecule has 3 aromatic heterocycles. The zero-order valence-electron chi connectivity index (χ0n) is 19.0. The molecule has 4 heterocycles. The number of hydrogen-bond acceptors (Lipinski definition) is 4. The van der Waals surface area contributed by atoms with Crippen molar-refractivity contribution in [2.75, 3.05) is 13.1 Å². The Morgan fingerprint density at radius 1 is 0.909 bits per heavy atom. The van der Waals surface area contributed by atoms with Gasteiger partial charge in [0, 0.05) is 47.8 Å². The summed E-state index contributed by atoms with van der Waals surface area (Å²) in [5.41, 5.74) is 6.98. The molecule has 4 aromatic rings. The minimum atomic E-state index is -0.242. The normalized spacial score (nSPS) is 14.7. The van der Waals surface area contributed by atoms with Crippen molar-refractivity contribution >= 4 is 11.6 Å². The van der Waals surface area contributed by atoms with Crippen LogP contribution < -0.4 is 0 Å². The fourth-order valence-corrected chi connectivity index (χ4v) is 4.64. The van der Waals surface area contributed by atoms with Crippen molar-refractivity contribution in [1.29, 1.82) is 0 Å². The van der Waals surface area contributed by atoms with Gasteiger partial charge in [0.25, 0.3) is 5.91 Å². The number of benzene rings is 1. The monoisotopic (exact) mass is 443 g/mol. The van der Waals surface area contributed by atoms with Crippen LogP contribution in [0.25, 0.3) is 16.8 Å². The fourth-order valence-electron chi connectivity index (χ4n) is 4.64. The van der Waals surface area contributed by atoms with E-state index in [9.17, 15) is 9.18 Å². The van der Waals surface area contributed by atoms with Gasteiger partial charge in [-0.2, -0.15) is 5.10 Å². The second-order valence-corrected chi connectivity index (χ2v) is 8.83. The number of halogens is 1. The average Bonchev–Trinajstić information content (AvgIpc) is 3.23. The molecule has 1 aromatic carbocycles. The Morgan fingerprint density at radius 3 is 2.33 bits per heavy atom. The molecule has 0 radical (unpaired) electrons. The summed E-state index contributed by atoms with van der Waals surface area (Å²) < 4.78 is 15.0. The van der Waals surface area contributed by atoms with Gasteiger partial charge in [0.05, 0.1) is 0 Å². The third-order valence-electron chi connectivity index (χ3n) is 6.30. The van der Waals surface area contributed by atoms with Crippen molar-refractivity contribution in [2.24, 2.45) is 0 Å². The van der Waals surface area contributed by atoms with Gasteiger partial charge in [0.2, 0.25) is 0 Å². The summed E-state index contributed by atoms with van der Waals surface area (Å²) in [6, 6.07) is 14.4. The number of likely N-dealkylation sites (tertiary alicyclic amines) is 1. The van der Waals surface area contributed by atoms with Crippen LogP contribution >= 0.6 is 0 Å². The van der Waals surface area contributed by atoms with Gasteiger partial charge in [0.1, 0.15) is 5.82 Å². The molecule has 1 aliphatic rings. The maximum atomic E-state index is 13.3. The van der Waals surface area contributed by atoms with E-state index in [1.807, 2.05) is 37.8 Å². The van der Waals surface area contributed by atoms with Gasteiger partial charge in [-0.05, 0) is 75.1 Å². The molecule has 1 fully saturated rings. The molecule has 0 spiro atoms. The highest BCUT2D eigenvalue weighted by molar-refractivity contribution is 5.93. The highest BCUT2D eigenvalue weighted by atomic mass is 19.1. The van der Waals surface area contributed by atoms with E-state index < -0.39 is 0 Å². The summed E-state index contributed by atoms with van der Waals surface area (Å²) in [5, 5.41) is 4.49. The third kappa shape index (κ3) is 4.23. The highest BCUT2D eigenvalue weighted by Gasteiger charge is 2.27. The van der Waals surface area contributed by atoms with E-state index in [1.165, 1.54) is 12.1 Å². The molecule has 168 valence electrons. The van der Waals surface area contributed by atoms with Crippen molar-refractivity contribution in [2.45, 2.75) is 39.5 Å². The van der Waals surface area contributed by atoms with Gasteiger partial charge >= 0.3 is 0 Å². The minimum Gasteiger partial charge on any atom is -0.337 e. The molecular formula is C26H26FN5O. The van der Waals surface area contributed by atoms with Crippen LogP contribution in [-0.4, -0.2) is 43.5 Å². The number of amides is 1. The Morgan fingerprint density at radius 2 is 1.61 bits per heavy atom. The fraction of sp³-hybridized carbons (Fsp3) is 0.308. The van der Waals surface area contributed by atoms with Crippen LogP contribution in [0.5, 0.6) is 0 Å². The van der Waals surface area contributed by atoms with Gasteiger partial charge < -0.3 is 4.90 Å². The predicted molar refractivity (Wildman–Crippen MR) is 125 cm³/mol. The van der Waals surface area contributed by atoms with E-state index >= 15 is 0 Å². The van der Waals surface area contributed by atoms with Gasteiger partial charge in [0.15, 0.2) is 11.3 Å². The van der Waals surface area contributed by atoms with E-state index in [-0.39, 0.29) is 17.6 Å². The summed E-state index contributed by atoms with van der Waals surface area (Å²) in [6.45, 7) is 7.20. The summed E-state index contributed by atoms with van der Waals surface area (Å²) in [7, 11) is 0. The van der Waals surface area contributed by atoms with E-state index in [0.717, 1.165) is 46.7 Å². The Bertz CT molecular complexity index is 1340.